The SMILES string of the molecule is c1ccc(-n2c3ccccc3c3c(-c4ccc(-n5c6ccccc6c6c7c8ccccc8c8ccccc8c7c7c8ccccc8oc7c65)cc4)cccc32)cc1.c1ccc(-n2c3ccccc3c3c(-c4cccc(-n5c6ccccc6c6c7c8ccccc8c8ccccc8c7c7c8ccccc8oc7c65)c4)cccc32)cc1. The zero-order valence-electron chi connectivity index (χ0n) is 61.6. The molecular weight excluding hydrogens is 1390 g/mol. The highest BCUT2D eigenvalue weighted by molar-refractivity contribution is 6.47. The molecule has 114 heavy (non-hydrogen) atoms. The number of fused-ring (bicyclic) bond motifs is 36. The molecule has 0 aliphatic carbocycles. The summed E-state index contributed by atoms with van der Waals surface area (Å²) in [6, 6.07) is 141. The Balaban J connectivity index is 0.000000129. The lowest BCUT2D eigenvalue weighted by Gasteiger charge is -2.15. The summed E-state index contributed by atoms with van der Waals surface area (Å²) in [5, 5.41) is 29.5. The lowest BCUT2D eigenvalue weighted by Crippen LogP contribution is -1.95. The zero-order valence-corrected chi connectivity index (χ0v) is 61.6. The second-order valence-corrected chi connectivity index (χ2v) is 30.3. The van der Waals surface area contributed by atoms with Crippen LogP contribution in [0.3, 0.4) is 0 Å². The molecule has 0 spiro atoms. The molecule has 26 aromatic rings. The van der Waals surface area contributed by atoms with Gasteiger partial charge in [-0.2, -0.15) is 0 Å². The fourth-order valence-electron chi connectivity index (χ4n) is 20.0. The van der Waals surface area contributed by atoms with Crippen molar-refractivity contribution in [3.8, 4) is 45.0 Å². The molecule has 0 fully saturated rings. The van der Waals surface area contributed by atoms with Gasteiger partial charge >= 0.3 is 0 Å². The normalized spacial score (nSPS) is 12.2. The maximum atomic E-state index is 7.07. The Morgan fingerprint density at radius 3 is 0.868 bits per heavy atom. The monoisotopic (exact) mass is 1450 g/mol. The highest BCUT2D eigenvalue weighted by Crippen LogP contribution is 2.54. The van der Waals surface area contributed by atoms with Crippen LogP contribution in [0.25, 0.3) is 241 Å². The van der Waals surface area contributed by atoms with Crippen molar-refractivity contribution in [3.63, 3.8) is 0 Å². The molecule has 528 valence electrons. The molecule has 0 saturated heterocycles. The molecule has 6 heteroatoms. The molecule has 0 aliphatic rings. The average molecular weight is 1450 g/mol. The predicted molar refractivity (Wildman–Crippen MR) is 481 cm³/mol. The van der Waals surface area contributed by atoms with Crippen LogP contribution in [-0.4, -0.2) is 18.3 Å². The molecule has 0 radical (unpaired) electrons. The minimum absolute atomic E-state index is 0.894. The van der Waals surface area contributed by atoms with Gasteiger partial charge in [0, 0.05) is 109 Å². The maximum Gasteiger partial charge on any atom is 0.160 e. The molecule has 26 rings (SSSR count). The van der Waals surface area contributed by atoms with Crippen molar-refractivity contribution in [2.24, 2.45) is 0 Å². The van der Waals surface area contributed by atoms with E-state index in [9.17, 15) is 0 Å². The van der Waals surface area contributed by atoms with Gasteiger partial charge in [0.1, 0.15) is 11.2 Å². The Morgan fingerprint density at radius 2 is 0.447 bits per heavy atom. The van der Waals surface area contributed by atoms with Gasteiger partial charge in [0.25, 0.3) is 0 Å². The molecule has 0 aliphatic heterocycles. The largest absolute Gasteiger partial charge is 0.454 e. The molecular formula is C108H64N4O2. The van der Waals surface area contributed by atoms with Crippen LogP contribution in [0, 0.1) is 0 Å². The summed E-state index contributed by atoms with van der Waals surface area (Å²) in [5.74, 6) is 0. The maximum absolute atomic E-state index is 7.07. The minimum atomic E-state index is 0.894. The third-order valence-corrected chi connectivity index (χ3v) is 24.5. The topological polar surface area (TPSA) is 46.0 Å². The Kier molecular flexibility index (Phi) is 13.3. The Hall–Kier alpha value is -15.2. The van der Waals surface area contributed by atoms with Crippen LogP contribution >= 0.6 is 0 Å². The van der Waals surface area contributed by atoms with E-state index in [1.165, 1.54) is 146 Å². The summed E-state index contributed by atoms with van der Waals surface area (Å²) in [6.07, 6.45) is 0. The van der Waals surface area contributed by atoms with E-state index in [1.807, 2.05) is 0 Å². The first kappa shape index (κ1) is 62.6. The van der Waals surface area contributed by atoms with E-state index in [0.29, 0.717) is 0 Å². The standard InChI is InChI=1S/2C54H32N2O/c1-2-17-34(18-3-1)55-44-28-11-8-24-41(44)48-36(27-15-30-46(48)55)33-16-14-19-35(32-33)56-45-29-12-9-25-42(45)51-49-39-22-6-4-20-37(39)38-21-5-7-23-40(38)50(49)52-43-26-10-13-31-47(43)57-54(52)53(51)56;1-2-15-34(16-3-1)55-44-25-11-8-21-41(44)48-36(24-14-27-46(48)55)33-29-31-35(32-30-33)56-45-26-12-9-22-42(45)51-49-39-19-6-4-17-37(39)38-18-5-7-20-40(38)50(49)52-43-23-10-13-28-47(43)57-54(52)53(51)56/h2*1-32H. The molecule has 0 amide bonds. The Bertz CT molecular complexity index is 8600. The fourth-order valence-corrected chi connectivity index (χ4v) is 20.0. The second-order valence-electron chi connectivity index (χ2n) is 30.3. The molecule has 0 saturated carbocycles. The van der Waals surface area contributed by atoms with Crippen molar-refractivity contribution in [3.05, 3.63) is 388 Å². The highest BCUT2D eigenvalue weighted by Gasteiger charge is 2.30. The lowest BCUT2D eigenvalue weighted by atomic mass is 9.89. The van der Waals surface area contributed by atoms with Crippen molar-refractivity contribution in [2.45, 2.75) is 0 Å². The van der Waals surface area contributed by atoms with Crippen LogP contribution in [0.15, 0.2) is 397 Å². The van der Waals surface area contributed by atoms with Gasteiger partial charge in [0.15, 0.2) is 11.2 Å². The molecule has 6 nitrogen and oxygen atoms in total. The van der Waals surface area contributed by atoms with E-state index in [4.69, 9.17) is 8.83 Å². The van der Waals surface area contributed by atoms with Crippen molar-refractivity contribution in [2.75, 3.05) is 0 Å². The first-order chi connectivity index (χ1) is 56.7. The highest BCUT2D eigenvalue weighted by atomic mass is 16.3. The molecule has 20 aromatic carbocycles. The van der Waals surface area contributed by atoms with Crippen molar-refractivity contribution >= 4 is 196 Å². The average Bonchev–Trinajstić information content (AvgIpc) is 1.50. The molecule has 0 bridgehead atoms. The first-order valence-electron chi connectivity index (χ1n) is 39.2. The molecule has 0 N–H and O–H groups in total. The van der Waals surface area contributed by atoms with Crippen LogP contribution < -0.4 is 0 Å². The van der Waals surface area contributed by atoms with Gasteiger partial charge in [-0.1, -0.05) is 291 Å². The summed E-state index contributed by atoms with van der Waals surface area (Å²) < 4.78 is 23.8. The number of para-hydroxylation sites is 8. The van der Waals surface area contributed by atoms with E-state index in [0.717, 1.165) is 94.3 Å². The Labute approximate surface area is 651 Å². The number of nitrogens with zero attached hydrogens (tertiary/aromatic N) is 4. The minimum Gasteiger partial charge on any atom is -0.454 e. The third kappa shape index (κ3) is 8.73. The number of hydrogen-bond donors (Lipinski definition) is 0. The van der Waals surface area contributed by atoms with Crippen LogP contribution in [0.4, 0.5) is 0 Å². The third-order valence-electron chi connectivity index (χ3n) is 24.5. The smallest absolute Gasteiger partial charge is 0.160 e. The Morgan fingerprint density at radius 1 is 0.158 bits per heavy atom. The number of rotatable bonds is 6. The lowest BCUT2D eigenvalue weighted by molar-refractivity contribution is 0.671. The van der Waals surface area contributed by atoms with Gasteiger partial charge < -0.3 is 27.1 Å². The second kappa shape index (κ2) is 24.1. The number of benzene rings is 20. The van der Waals surface area contributed by atoms with Crippen molar-refractivity contribution < 1.29 is 8.83 Å². The molecule has 0 atom stereocenters. The van der Waals surface area contributed by atoms with E-state index in [1.54, 1.807) is 0 Å². The van der Waals surface area contributed by atoms with Gasteiger partial charge in [-0.3, -0.25) is 0 Å². The zero-order chi connectivity index (χ0) is 74.4. The van der Waals surface area contributed by atoms with Crippen molar-refractivity contribution in [1.29, 1.82) is 0 Å². The summed E-state index contributed by atoms with van der Waals surface area (Å²) in [7, 11) is 0. The fraction of sp³-hybridized carbons (Fsp3) is 0. The summed E-state index contributed by atoms with van der Waals surface area (Å²) in [6.45, 7) is 0. The van der Waals surface area contributed by atoms with Gasteiger partial charge in [-0.25, -0.2) is 0 Å². The predicted octanol–water partition coefficient (Wildman–Crippen LogP) is 29.8. The van der Waals surface area contributed by atoms with Crippen molar-refractivity contribution in [1.82, 2.24) is 18.3 Å². The van der Waals surface area contributed by atoms with Gasteiger partial charge in [0.05, 0.1) is 44.1 Å². The van der Waals surface area contributed by atoms with E-state index >= 15 is 0 Å². The van der Waals surface area contributed by atoms with Gasteiger partial charge in [-0.15, -0.1) is 0 Å². The summed E-state index contributed by atoms with van der Waals surface area (Å²) in [5.41, 5.74) is 22.2. The summed E-state index contributed by atoms with van der Waals surface area (Å²) in [4.78, 5) is 0. The number of hydrogen-bond acceptors (Lipinski definition) is 2. The van der Waals surface area contributed by atoms with Crippen LogP contribution in [0.1, 0.15) is 0 Å². The van der Waals surface area contributed by atoms with E-state index < -0.39 is 0 Å². The quantitative estimate of drug-likeness (QED) is 0.156. The summed E-state index contributed by atoms with van der Waals surface area (Å²) >= 11 is 0. The van der Waals surface area contributed by atoms with E-state index in [2.05, 4.69) is 407 Å². The van der Waals surface area contributed by atoms with Crippen LogP contribution in [-0.2, 0) is 0 Å². The molecule has 0 unspecified atom stereocenters. The molecule has 6 aromatic heterocycles. The molecule has 6 heterocycles. The first-order valence-corrected chi connectivity index (χ1v) is 39.2. The van der Waals surface area contributed by atoms with E-state index in [-0.39, 0.29) is 0 Å². The van der Waals surface area contributed by atoms with Crippen LogP contribution in [0.2, 0.25) is 0 Å². The van der Waals surface area contributed by atoms with Gasteiger partial charge in [-0.05, 0) is 162 Å². The number of furan rings is 2. The van der Waals surface area contributed by atoms with Crippen LogP contribution in [0.5, 0.6) is 0 Å². The van der Waals surface area contributed by atoms with Gasteiger partial charge in [0.2, 0.25) is 0 Å². The number of aromatic nitrogens is 4.